The van der Waals surface area contributed by atoms with Gasteiger partial charge in [-0.1, -0.05) is 0 Å². The van der Waals surface area contributed by atoms with Crippen LogP contribution in [-0.4, -0.2) is 57.4 Å². The summed E-state index contributed by atoms with van der Waals surface area (Å²) in [6.45, 7) is 1.37. The highest BCUT2D eigenvalue weighted by molar-refractivity contribution is 7.92. The van der Waals surface area contributed by atoms with Crippen LogP contribution in [0.15, 0.2) is 53.4 Å². The number of likely N-dealkylation sites (tertiary alicyclic amines) is 1. The number of halogens is 1. The van der Waals surface area contributed by atoms with Crippen molar-refractivity contribution < 1.29 is 17.6 Å². The molecule has 150 valence electrons. The lowest BCUT2D eigenvalue weighted by atomic mass is 10.0. The van der Waals surface area contributed by atoms with Crippen molar-refractivity contribution in [1.29, 1.82) is 0 Å². The molecular weight excluding hydrogens is 381 g/mol. The molecule has 1 fully saturated rings. The summed E-state index contributed by atoms with van der Waals surface area (Å²) in [5.41, 5.74) is 0.727. The van der Waals surface area contributed by atoms with Crippen LogP contribution in [0.25, 0.3) is 0 Å². The Morgan fingerprint density at radius 3 is 2.36 bits per heavy atom. The van der Waals surface area contributed by atoms with E-state index in [1.165, 1.54) is 48.5 Å². The van der Waals surface area contributed by atoms with E-state index in [4.69, 9.17) is 0 Å². The molecule has 1 unspecified atom stereocenters. The van der Waals surface area contributed by atoms with Crippen LogP contribution in [0.3, 0.4) is 0 Å². The van der Waals surface area contributed by atoms with Gasteiger partial charge in [-0.05, 0) is 75.5 Å². The number of amides is 1. The minimum absolute atomic E-state index is 0.0400. The third-order valence-electron chi connectivity index (χ3n) is 4.92. The second-order valence-electron chi connectivity index (χ2n) is 7.15. The molecule has 0 spiro atoms. The maximum Gasteiger partial charge on any atom is 0.261 e. The van der Waals surface area contributed by atoms with E-state index in [-0.39, 0.29) is 16.5 Å². The summed E-state index contributed by atoms with van der Waals surface area (Å²) in [5.74, 6) is -0.540. The zero-order valence-corrected chi connectivity index (χ0v) is 16.7. The molecule has 2 aromatic rings. The lowest BCUT2D eigenvalue weighted by molar-refractivity contribution is 0.0635. The summed E-state index contributed by atoms with van der Waals surface area (Å²) in [7, 11) is 0.195. The van der Waals surface area contributed by atoms with Crippen LogP contribution in [0.2, 0.25) is 0 Å². The van der Waals surface area contributed by atoms with Crippen LogP contribution in [0.5, 0.6) is 0 Å². The molecule has 1 aliphatic heterocycles. The number of nitrogens with zero attached hydrogens (tertiary/aromatic N) is 2. The van der Waals surface area contributed by atoms with E-state index in [0.717, 1.165) is 12.8 Å². The zero-order valence-electron chi connectivity index (χ0n) is 15.9. The van der Waals surface area contributed by atoms with Gasteiger partial charge in [0, 0.05) is 30.4 Å². The molecule has 6 nitrogen and oxygen atoms in total. The number of hydrogen-bond acceptors (Lipinski definition) is 4. The molecule has 28 heavy (non-hydrogen) atoms. The molecule has 1 N–H and O–H groups in total. The van der Waals surface area contributed by atoms with Gasteiger partial charge in [-0.25, -0.2) is 12.8 Å². The van der Waals surface area contributed by atoms with Gasteiger partial charge in [-0.3, -0.25) is 9.52 Å². The number of carbonyl (C=O) groups excluding carboxylic acids is 1. The van der Waals surface area contributed by atoms with Gasteiger partial charge in [0.25, 0.3) is 15.9 Å². The van der Waals surface area contributed by atoms with Crippen LogP contribution >= 0.6 is 0 Å². The van der Waals surface area contributed by atoms with Crippen molar-refractivity contribution in [3.63, 3.8) is 0 Å². The third-order valence-corrected chi connectivity index (χ3v) is 6.32. The molecule has 0 aromatic heterocycles. The molecule has 8 heteroatoms. The van der Waals surface area contributed by atoms with Crippen molar-refractivity contribution in [2.24, 2.45) is 0 Å². The van der Waals surface area contributed by atoms with Gasteiger partial charge in [0.1, 0.15) is 5.82 Å². The van der Waals surface area contributed by atoms with Crippen molar-refractivity contribution in [1.82, 2.24) is 9.80 Å². The van der Waals surface area contributed by atoms with E-state index < -0.39 is 15.8 Å². The Bertz CT molecular complexity index is 928. The molecular formula is C20H24FN3O3S. The number of hydrogen-bond donors (Lipinski definition) is 1. The molecule has 0 radical (unpaired) electrons. The Balaban J connectivity index is 1.71. The Morgan fingerprint density at radius 1 is 1.11 bits per heavy atom. The number of likely N-dealkylation sites (N-methyl/N-ethyl adjacent to an activating group) is 1. The topological polar surface area (TPSA) is 69.7 Å². The van der Waals surface area contributed by atoms with E-state index in [1.807, 2.05) is 19.0 Å². The van der Waals surface area contributed by atoms with Gasteiger partial charge in [-0.2, -0.15) is 0 Å². The lowest BCUT2D eigenvalue weighted by Gasteiger charge is -2.36. The Kier molecular flexibility index (Phi) is 6.00. The van der Waals surface area contributed by atoms with Crippen LogP contribution < -0.4 is 4.72 Å². The molecule has 1 aliphatic rings. The molecule has 2 aromatic carbocycles. The van der Waals surface area contributed by atoms with E-state index >= 15 is 0 Å². The highest BCUT2D eigenvalue weighted by atomic mass is 32.2. The first-order chi connectivity index (χ1) is 13.3. The zero-order chi connectivity index (χ0) is 20.3. The fourth-order valence-electron chi connectivity index (χ4n) is 3.25. The van der Waals surface area contributed by atoms with Crippen molar-refractivity contribution in [3.8, 4) is 0 Å². The Labute approximate surface area is 165 Å². The number of benzene rings is 2. The second kappa shape index (κ2) is 8.28. The Hall–Kier alpha value is -2.45. The highest BCUT2D eigenvalue weighted by Gasteiger charge is 2.26. The maximum atomic E-state index is 13.0. The summed E-state index contributed by atoms with van der Waals surface area (Å²) in [5, 5.41) is 0. The van der Waals surface area contributed by atoms with Crippen molar-refractivity contribution in [3.05, 3.63) is 59.9 Å². The molecule has 1 atom stereocenters. The van der Waals surface area contributed by atoms with Crippen LogP contribution in [0.4, 0.5) is 10.1 Å². The van der Waals surface area contributed by atoms with Gasteiger partial charge in [0.05, 0.1) is 4.90 Å². The molecule has 0 saturated carbocycles. The number of piperidine rings is 1. The molecule has 1 amide bonds. The maximum absolute atomic E-state index is 13.0. The quantitative estimate of drug-likeness (QED) is 0.831. The molecule has 1 heterocycles. The third kappa shape index (κ3) is 4.69. The lowest BCUT2D eigenvalue weighted by Crippen LogP contribution is -2.47. The van der Waals surface area contributed by atoms with Crippen molar-refractivity contribution in [2.45, 2.75) is 23.8 Å². The van der Waals surface area contributed by atoms with Gasteiger partial charge in [0.15, 0.2) is 0 Å². The molecule has 1 saturated heterocycles. The van der Waals surface area contributed by atoms with Crippen LogP contribution in [0.1, 0.15) is 23.2 Å². The molecule has 3 rings (SSSR count). The average Bonchev–Trinajstić information content (AvgIpc) is 2.69. The molecule has 0 bridgehead atoms. The van der Waals surface area contributed by atoms with Crippen LogP contribution in [0, 0.1) is 5.82 Å². The SMILES string of the molecule is CN(C)C1CCCN(C(=O)c2ccc(S(=O)(=O)Nc3ccc(F)cc3)cc2)C1. The minimum Gasteiger partial charge on any atom is -0.337 e. The largest absolute Gasteiger partial charge is 0.337 e. The first-order valence-electron chi connectivity index (χ1n) is 9.10. The number of anilines is 1. The van der Waals surface area contributed by atoms with Gasteiger partial charge >= 0.3 is 0 Å². The predicted molar refractivity (Wildman–Crippen MR) is 106 cm³/mol. The summed E-state index contributed by atoms with van der Waals surface area (Å²) < 4.78 is 40.3. The summed E-state index contributed by atoms with van der Waals surface area (Å²) in [6, 6.07) is 11.3. The normalized spacial score (nSPS) is 17.6. The van der Waals surface area contributed by atoms with Gasteiger partial charge in [0.2, 0.25) is 0 Å². The number of nitrogens with one attached hydrogen (secondary N) is 1. The monoisotopic (exact) mass is 405 g/mol. The summed E-state index contributed by atoms with van der Waals surface area (Å²) in [6.07, 6.45) is 2.01. The van der Waals surface area contributed by atoms with E-state index in [2.05, 4.69) is 9.62 Å². The van der Waals surface area contributed by atoms with Crippen LogP contribution in [-0.2, 0) is 10.0 Å². The van der Waals surface area contributed by atoms with Crippen molar-refractivity contribution in [2.75, 3.05) is 31.9 Å². The first-order valence-corrected chi connectivity index (χ1v) is 10.6. The smallest absolute Gasteiger partial charge is 0.261 e. The number of sulfonamides is 1. The molecule has 0 aliphatic carbocycles. The van der Waals surface area contributed by atoms with E-state index in [0.29, 0.717) is 24.7 Å². The Morgan fingerprint density at radius 2 is 1.75 bits per heavy atom. The van der Waals surface area contributed by atoms with Crippen molar-refractivity contribution >= 4 is 21.6 Å². The van der Waals surface area contributed by atoms with Gasteiger partial charge in [-0.15, -0.1) is 0 Å². The van der Waals surface area contributed by atoms with E-state index in [9.17, 15) is 17.6 Å². The fraction of sp³-hybridized carbons (Fsp3) is 0.350. The predicted octanol–water partition coefficient (Wildman–Crippen LogP) is 2.79. The van der Waals surface area contributed by atoms with E-state index in [1.54, 1.807) is 0 Å². The minimum atomic E-state index is -3.82. The summed E-state index contributed by atoms with van der Waals surface area (Å²) in [4.78, 5) is 16.7. The number of rotatable bonds is 5. The summed E-state index contributed by atoms with van der Waals surface area (Å²) >= 11 is 0. The average molecular weight is 405 g/mol. The number of carbonyl (C=O) groups is 1. The second-order valence-corrected chi connectivity index (χ2v) is 8.83. The first kappa shape index (κ1) is 20.3. The highest BCUT2D eigenvalue weighted by Crippen LogP contribution is 2.20. The fourth-order valence-corrected chi connectivity index (χ4v) is 4.31. The standard InChI is InChI=1S/C20H24FN3O3S/c1-23(2)18-4-3-13-24(14-18)20(25)15-5-11-19(12-6-15)28(26,27)22-17-9-7-16(21)8-10-17/h5-12,18,22H,3-4,13-14H2,1-2H3. The van der Waals surface area contributed by atoms with Gasteiger partial charge < -0.3 is 9.80 Å².